The fraction of sp³-hybridized carbons (Fsp3) is 0.200. The van der Waals surface area contributed by atoms with Gasteiger partial charge in [0.1, 0.15) is 11.9 Å². The van der Waals surface area contributed by atoms with Gasteiger partial charge in [-0.2, -0.15) is 5.26 Å². The van der Waals surface area contributed by atoms with Gasteiger partial charge in [-0.3, -0.25) is 14.8 Å². The minimum absolute atomic E-state index is 0.0763. The molecule has 1 saturated heterocycles. The maximum Gasteiger partial charge on any atom is 0.290 e. The van der Waals surface area contributed by atoms with Crippen LogP contribution in [0.4, 0.5) is 14.6 Å². The Kier molecular flexibility index (Phi) is 12.1. The Hall–Kier alpha value is -5.84. The summed E-state index contributed by atoms with van der Waals surface area (Å²) in [6.07, 6.45) is 5.87. The first-order chi connectivity index (χ1) is 23.2. The first-order valence-electron chi connectivity index (χ1n) is 14.8. The summed E-state index contributed by atoms with van der Waals surface area (Å²) >= 11 is 0. The molecule has 2 heterocycles. The molecule has 4 aromatic rings. The van der Waals surface area contributed by atoms with E-state index in [1.54, 1.807) is 29.8 Å². The summed E-state index contributed by atoms with van der Waals surface area (Å²) in [5.41, 5.74) is 4.58. The van der Waals surface area contributed by atoms with Gasteiger partial charge in [0, 0.05) is 49.1 Å². The van der Waals surface area contributed by atoms with Gasteiger partial charge in [0.25, 0.3) is 12.4 Å². The number of phenols is 1. The average Bonchev–Trinajstić information content (AvgIpc) is 3.11. The predicted molar refractivity (Wildman–Crippen MR) is 174 cm³/mol. The number of carbonyl (C=O) groups is 2. The monoisotopic (exact) mass is 657 g/mol. The van der Waals surface area contributed by atoms with Crippen molar-refractivity contribution in [1.29, 1.82) is 5.26 Å². The number of nitriles is 1. The Morgan fingerprint density at radius 1 is 1.10 bits per heavy atom. The third-order valence-corrected chi connectivity index (χ3v) is 7.78. The number of hydroxylamine groups is 1. The number of nitrogens with zero attached hydrogens (tertiary/aromatic N) is 3. The van der Waals surface area contributed by atoms with Crippen molar-refractivity contribution in [3.8, 4) is 39.8 Å². The molecule has 5 rings (SSSR count). The molecule has 3 aromatic carbocycles. The number of anilines is 1. The van der Waals surface area contributed by atoms with E-state index < -0.39 is 17.5 Å². The van der Waals surface area contributed by atoms with Gasteiger partial charge in [0.05, 0.1) is 12.7 Å². The second kappa shape index (κ2) is 16.6. The number of amides is 1. The van der Waals surface area contributed by atoms with E-state index in [2.05, 4.69) is 10.3 Å². The van der Waals surface area contributed by atoms with E-state index in [9.17, 15) is 19.6 Å². The molecule has 0 aliphatic carbocycles. The van der Waals surface area contributed by atoms with Crippen LogP contribution in [-0.2, 0) is 16.1 Å². The number of halogens is 2. The molecule has 5 N–H and O–H groups in total. The number of hydrogen-bond donors (Lipinski definition) is 5. The zero-order chi connectivity index (χ0) is 34.6. The van der Waals surface area contributed by atoms with Crippen LogP contribution in [0.1, 0.15) is 29.5 Å². The van der Waals surface area contributed by atoms with Gasteiger partial charge in [-0.05, 0) is 65.4 Å². The van der Waals surface area contributed by atoms with Crippen LogP contribution in [0.2, 0.25) is 0 Å². The number of ether oxygens (including phenoxy) is 1. The maximum absolute atomic E-state index is 16.5. The van der Waals surface area contributed by atoms with Crippen molar-refractivity contribution in [2.24, 2.45) is 0 Å². The molecule has 11 nitrogen and oxygen atoms in total. The number of pyridine rings is 1. The van der Waals surface area contributed by atoms with Gasteiger partial charge in [0.2, 0.25) is 0 Å². The van der Waals surface area contributed by atoms with Crippen LogP contribution in [0.3, 0.4) is 0 Å². The van der Waals surface area contributed by atoms with Crippen molar-refractivity contribution in [3.63, 3.8) is 0 Å². The quantitative estimate of drug-likeness (QED) is 0.0693. The summed E-state index contributed by atoms with van der Waals surface area (Å²) in [5, 5.41) is 38.3. The lowest BCUT2D eigenvalue weighted by Crippen LogP contribution is -2.43. The highest BCUT2D eigenvalue weighted by atomic mass is 19.1. The Morgan fingerprint density at radius 2 is 1.79 bits per heavy atom. The van der Waals surface area contributed by atoms with Crippen LogP contribution in [0.5, 0.6) is 11.5 Å². The number of benzene rings is 3. The lowest BCUT2D eigenvalue weighted by molar-refractivity contribution is -0.124. The SMILES string of the molecule is COc1cc(-c2cnc(N3CCC(NCc4ccc(/C=C/C(=O)NO)cc4)CC3)c(F)c2-c2ccc(C#N)c(F)c2)ccc1O.O=CO. The second-order valence-electron chi connectivity index (χ2n) is 10.7. The smallest absolute Gasteiger partial charge is 0.290 e. The van der Waals surface area contributed by atoms with Gasteiger partial charge < -0.3 is 25.2 Å². The van der Waals surface area contributed by atoms with Crippen LogP contribution in [0, 0.1) is 23.0 Å². The summed E-state index contributed by atoms with van der Waals surface area (Å²) < 4.78 is 36.4. The number of nitrogens with one attached hydrogen (secondary N) is 2. The van der Waals surface area contributed by atoms with E-state index in [0.717, 1.165) is 30.0 Å². The second-order valence-corrected chi connectivity index (χ2v) is 10.7. The fourth-order valence-corrected chi connectivity index (χ4v) is 5.32. The van der Waals surface area contributed by atoms with Crippen molar-refractivity contribution in [1.82, 2.24) is 15.8 Å². The predicted octanol–water partition coefficient (Wildman–Crippen LogP) is 5.26. The number of aromatic nitrogens is 1. The number of phenolic OH excluding ortho intramolecular Hbond substituents is 1. The molecule has 1 fully saturated rings. The number of carboxylic acid groups (broad SMARTS) is 1. The zero-order valence-corrected chi connectivity index (χ0v) is 25.9. The number of aromatic hydroxyl groups is 1. The molecule has 1 aromatic heterocycles. The highest BCUT2D eigenvalue weighted by Gasteiger charge is 2.26. The van der Waals surface area contributed by atoms with Crippen LogP contribution in [0.25, 0.3) is 28.3 Å². The topological polar surface area (TPSA) is 168 Å². The summed E-state index contributed by atoms with van der Waals surface area (Å²) in [4.78, 5) is 25.9. The van der Waals surface area contributed by atoms with Crippen molar-refractivity contribution in [2.75, 3.05) is 25.1 Å². The summed E-state index contributed by atoms with van der Waals surface area (Å²) in [7, 11) is 1.41. The van der Waals surface area contributed by atoms with E-state index in [4.69, 9.17) is 19.8 Å². The third kappa shape index (κ3) is 8.49. The Labute approximate surface area is 275 Å². The average molecular weight is 658 g/mol. The first kappa shape index (κ1) is 35.0. The minimum atomic E-state index is -0.755. The van der Waals surface area contributed by atoms with Crippen molar-refractivity contribution >= 4 is 24.3 Å². The lowest BCUT2D eigenvalue weighted by Gasteiger charge is -2.34. The normalized spacial score (nSPS) is 12.9. The molecule has 0 radical (unpaired) electrons. The fourth-order valence-electron chi connectivity index (χ4n) is 5.32. The van der Waals surface area contributed by atoms with Crippen molar-refractivity contribution < 1.29 is 38.5 Å². The summed E-state index contributed by atoms with van der Waals surface area (Å²) in [6.45, 7) is 1.48. The van der Waals surface area contributed by atoms with Crippen molar-refractivity contribution in [3.05, 3.63) is 101 Å². The minimum Gasteiger partial charge on any atom is -0.504 e. The van der Waals surface area contributed by atoms with E-state index in [-0.39, 0.29) is 46.5 Å². The number of piperidine rings is 1. The Bertz CT molecular complexity index is 1820. The molecule has 0 atom stereocenters. The number of carbonyl (C=O) groups excluding carboxylic acids is 1. The summed E-state index contributed by atoms with van der Waals surface area (Å²) in [6, 6.07) is 18.2. The molecule has 0 saturated carbocycles. The van der Waals surface area contributed by atoms with Gasteiger partial charge in [0.15, 0.2) is 23.1 Å². The molecule has 0 spiro atoms. The molecule has 48 heavy (non-hydrogen) atoms. The van der Waals surface area contributed by atoms with Crippen molar-refractivity contribution in [2.45, 2.75) is 25.4 Å². The van der Waals surface area contributed by atoms with Gasteiger partial charge in [-0.25, -0.2) is 19.2 Å². The molecule has 248 valence electrons. The van der Waals surface area contributed by atoms with E-state index in [1.165, 1.54) is 37.6 Å². The highest BCUT2D eigenvalue weighted by Crippen LogP contribution is 2.40. The number of hydrogen-bond acceptors (Lipinski definition) is 9. The molecule has 1 aliphatic heterocycles. The third-order valence-electron chi connectivity index (χ3n) is 7.78. The van der Waals surface area contributed by atoms with Crippen LogP contribution >= 0.6 is 0 Å². The van der Waals surface area contributed by atoms with Crippen LogP contribution in [-0.4, -0.2) is 59.0 Å². The molecule has 13 heteroatoms. The number of methoxy groups -OCH3 is 1. The maximum atomic E-state index is 16.5. The Morgan fingerprint density at radius 3 is 2.42 bits per heavy atom. The van der Waals surface area contributed by atoms with E-state index in [0.29, 0.717) is 30.8 Å². The molecule has 0 unspecified atom stereocenters. The van der Waals surface area contributed by atoms with Gasteiger partial charge in [-0.15, -0.1) is 0 Å². The summed E-state index contributed by atoms with van der Waals surface area (Å²) in [5.74, 6) is -1.69. The van der Waals surface area contributed by atoms with E-state index >= 15 is 4.39 Å². The Balaban J connectivity index is 0.00000167. The first-order valence-corrected chi connectivity index (χ1v) is 14.8. The lowest BCUT2D eigenvalue weighted by atomic mass is 9.94. The molecular weight excluding hydrogens is 624 g/mol. The number of rotatable bonds is 9. The largest absolute Gasteiger partial charge is 0.504 e. The van der Waals surface area contributed by atoms with Crippen LogP contribution < -0.4 is 20.4 Å². The molecule has 0 bridgehead atoms. The van der Waals surface area contributed by atoms with Gasteiger partial charge >= 0.3 is 0 Å². The van der Waals surface area contributed by atoms with Gasteiger partial charge in [-0.1, -0.05) is 36.4 Å². The molecule has 1 aliphatic rings. The molecule has 1 amide bonds. The standard InChI is InChI=1S/C34H31F2N5O4.CH2O2/c1-45-30-17-23(9-10-29(30)42)27-20-39-34(33(36)32(27)24-7-8-25(18-37)28(35)16-24)41-14-12-26(13-15-41)38-19-22-4-2-21(3-5-22)6-11-31(43)40-44;2-1-3/h2-11,16-17,20,26,38,42,44H,12-15,19H2,1H3,(H,40,43);1H,(H,2,3)/b11-6+;. The van der Waals surface area contributed by atoms with Crippen LogP contribution in [0.15, 0.2) is 72.9 Å². The zero-order valence-electron chi connectivity index (χ0n) is 25.9. The highest BCUT2D eigenvalue weighted by molar-refractivity contribution is 5.90. The molecular formula is C35H33F2N5O6. The van der Waals surface area contributed by atoms with E-state index in [1.807, 2.05) is 29.2 Å².